The van der Waals surface area contributed by atoms with Gasteiger partial charge in [0.2, 0.25) is 0 Å². The maximum absolute atomic E-state index is 13.2. The number of halogens is 2. The van der Waals surface area contributed by atoms with E-state index in [4.69, 9.17) is 0 Å². The molecular weight excluding hydrogens is 303 g/mol. The van der Waals surface area contributed by atoms with Gasteiger partial charge in [-0.2, -0.15) is 0 Å². The van der Waals surface area contributed by atoms with Crippen LogP contribution in [0.4, 0.5) is 4.39 Å². The van der Waals surface area contributed by atoms with Gasteiger partial charge in [0.05, 0.1) is 7.11 Å². The molecule has 0 saturated carbocycles. The summed E-state index contributed by atoms with van der Waals surface area (Å²) in [5.74, 6) is -0.712. The van der Waals surface area contributed by atoms with Crippen LogP contribution in [-0.2, 0) is 4.74 Å². The van der Waals surface area contributed by atoms with E-state index in [1.54, 1.807) is 6.07 Å². The third kappa shape index (κ3) is 2.53. The van der Waals surface area contributed by atoms with E-state index < -0.39 is 11.8 Å². The van der Waals surface area contributed by atoms with Crippen LogP contribution in [0.1, 0.15) is 10.5 Å². The van der Waals surface area contributed by atoms with Crippen LogP contribution in [0.15, 0.2) is 34.9 Å². The first-order valence-electron chi connectivity index (χ1n) is 4.98. The van der Waals surface area contributed by atoms with E-state index in [1.165, 1.54) is 31.5 Å². The monoisotopic (exact) mass is 310 g/mol. The van der Waals surface area contributed by atoms with E-state index in [2.05, 4.69) is 30.6 Å². The normalized spacial score (nSPS) is 10.2. The highest BCUT2D eigenvalue weighted by Crippen LogP contribution is 2.26. The van der Waals surface area contributed by atoms with Crippen LogP contribution in [0.25, 0.3) is 11.4 Å². The molecule has 0 fully saturated rings. The summed E-state index contributed by atoms with van der Waals surface area (Å²) >= 11 is 3.28. The third-order valence-corrected chi connectivity index (χ3v) is 2.91. The topological polar surface area (TPSA) is 52.1 Å². The molecule has 0 N–H and O–H groups in total. The number of rotatable bonds is 2. The maximum Gasteiger partial charge on any atom is 0.356 e. The highest BCUT2D eigenvalue weighted by molar-refractivity contribution is 9.10. The minimum absolute atomic E-state index is 0.124. The fraction of sp³-hybridized carbons (Fsp3) is 0.0833. The second-order valence-electron chi connectivity index (χ2n) is 3.38. The second-order valence-corrected chi connectivity index (χ2v) is 4.24. The Balaban J connectivity index is 2.51. The highest BCUT2D eigenvalue weighted by Gasteiger charge is 2.12. The number of benzene rings is 1. The van der Waals surface area contributed by atoms with Crippen molar-refractivity contribution in [3.63, 3.8) is 0 Å². The Morgan fingerprint density at radius 1 is 1.39 bits per heavy atom. The zero-order chi connectivity index (χ0) is 13.1. The standard InChI is InChI=1S/C12H8BrFN2O2/c1-18-12(17)10-4-5-15-11(16-10)8-6-7(14)2-3-9(8)13/h2-6H,1H3. The lowest BCUT2D eigenvalue weighted by molar-refractivity contribution is 0.0594. The molecule has 4 nitrogen and oxygen atoms in total. The Bertz CT molecular complexity index is 604. The van der Waals surface area contributed by atoms with Gasteiger partial charge in [-0.3, -0.25) is 0 Å². The molecule has 0 saturated heterocycles. The summed E-state index contributed by atoms with van der Waals surface area (Å²) in [6, 6.07) is 5.60. The quantitative estimate of drug-likeness (QED) is 0.800. The summed E-state index contributed by atoms with van der Waals surface area (Å²) in [6.07, 6.45) is 1.42. The summed E-state index contributed by atoms with van der Waals surface area (Å²) in [5.41, 5.74) is 0.597. The van der Waals surface area contributed by atoms with Crippen molar-refractivity contribution in [1.29, 1.82) is 0 Å². The van der Waals surface area contributed by atoms with Crippen LogP contribution >= 0.6 is 15.9 Å². The largest absolute Gasteiger partial charge is 0.464 e. The average molecular weight is 311 g/mol. The summed E-state index contributed by atoms with van der Waals surface area (Å²) in [4.78, 5) is 19.4. The summed E-state index contributed by atoms with van der Waals surface area (Å²) in [7, 11) is 1.27. The number of hydrogen-bond acceptors (Lipinski definition) is 4. The lowest BCUT2D eigenvalue weighted by atomic mass is 10.2. The van der Waals surface area contributed by atoms with Gasteiger partial charge in [-0.15, -0.1) is 0 Å². The molecular formula is C12H8BrFN2O2. The van der Waals surface area contributed by atoms with Gasteiger partial charge < -0.3 is 4.74 Å². The molecule has 2 aromatic rings. The maximum atomic E-state index is 13.2. The number of nitrogens with zero attached hydrogens (tertiary/aromatic N) is 2. The smallest absolute Gasteiger partial charge is 0.356 e. The molecule has 1 aromatic heterocycles. The number of carbonyl (C=O) groups is 1. The molecule has 1 heterocycles. The highest BCUT2D eigenvalue weighted by atomic mass is 79.9. The molecule has 92 valence electrons. The summed E-state index contributed by atoms with van der Waals surface area (Å²) in [6.45, 7) is 0. The van der Waals surface area contributed by atoms with Crippen LogP contribution in [0.2, 0.25) is 0 Å². The van der Waals surface area contributed by atoms with Crippen molar-refractivity contribution in [3.8, 4) is 11.4 Å². The predicted octanol–water partition coefficient (Wildman–Crippen LogP) is 2.83. The van der Waals surface area contributed by atoms with Crippen LogP contribution < -0.4 is 0 Å². The van der Waals surface area contributed by atoms with Gasteiger partial charge in [0.25, 0.3) is 0 Å². The molecule has 0 aliphatic rings. The molecule has 6 heteroatoms. The van der Waals surface area contributed by atoms with Crippen molar-refractivity contribution in [2.75, 3.05) is 7.11 Å². The Morgan fingerprint density at radius 3 is 2.89 bits per heavy atom. The average Bonchev–Trinajstić information content (AvgIpc) is 2.40. The zero-order valence-corrected chi connectivity index (χ0v) is 10.9. The van der Waals surface area contributed by atoms with Crippen molar-refractivity contribution in [1.82, 2.24) is 9.97 Å². The second kappa shape index (κ2) is 5.22. The molecule has 0 bridgehead atoms. The first-order valence-corrected chi connectivity index (χ1v) is 5.78. The Kier molecular flexibility index (Phi) is 3.66. The van der Waals surface area contributed by atoms with Crippen molar-refractivity contribution in [3.05, 3.63) is 46.4 Å². The Hall–Kier alpha value is -1.82. The van der Waals surface area contributed by atoms with E-state index in [9.17, 15) is 9.18 Å². The lowest BCUT2D eigenvalue weighted by Gasteiger charge is -2.04. The number of esters is 1. The fourth-order valence-corrected chi connectivity index (χ4v) is 1.80. The number of carbonyl (C=O) groups excluding carboxylic acids is 1. The van der Waals surface area contributed by atoms with E-state index in [1.807, 2.05) is 0 Å². The Labute approximate surface area is 111 Å². The molecule has 0 amide bonds. The zero-order valence-electron chi connectivity index (χ0n) is 9.35. The molecule has 2 rings (SSSR count). The van der Waals surface area contributed by atoms with E-state index in [-0.39, 0.29) is 11.5 Å². The molecule has 0 aliphatic carbocycles. The number of methoxy groups -OCH3 is 1. The molecule has 18 heavy (non-hydrogen) atoms. The van der Waals surface area contributed by atoms with E-state index in [0.29, 0.717) is 10.0 Å². The predicted molar refractivity (Wildman–Crippen MR) is 66.5 cm³/mol. The van der Waals surface area contributed by atoms with Gasteiger partial charge in [-0.25, -0.2) is 19.2 Å². The molecule has 0 spiro atoms. The van der Waals surface area contributed by atoms with Crippen molar-refractivity contribution in [2.45, 2.75) is 0 Å². The number of aromatic nitrogens is 2. The first kappa shape index (κ1) is 12.6. The molecule has 0 atom stereocenters. The van der Waals surface area contributed by atoms with Gasteiger partial charge in [0.15, 0.2) is 11.5 Å². The van der Waals surface area contributed by atoms with Crippen molar-refractivity contribution >= 4 is 21.9 Å². The molecule has 0 unspecified atom stereocenters. The first-order chi connectivity index (χ1) is 8.61. The Morgan fingerprint density at radius 2 is 2.17 bits per heavy atom. The van der Waals surface area contributed by atoms with E-state index in [0.717, 1.165) is 0 Å². The van der Waals surface area contributed by atoms with Gasteiger partial charge in [-0.05, 0) is 24.3 Å². The van der Waals surface area contributed by atoms with Gasteiger partial charge >= 0.3 is 5.97 Å². The van der Waals surface area contributed by atoms with Crippen molar-refractivity contribution in [2.24, 2.45) is 0 Å². The SMILES string of the molecule is COC(=O)c1ccnc(-c2cc(F)ccc2Br)n1. The number of hydrogen-bond donors (Lipinski definition) is 0. The van der Waals surface area contributed by atoms with Gasteiger partial charge in [0, 0.05) is 16.2 Å². The fourth-order valence-electron chi connectivity index (χ4n) is 1.38. The summed E-state index contributed by atoms with van der Waals surface area (Å²) in [5, 5.41) is 0. The van der Waals surface area contributed by atoms with Crippen LogP contribution in [0.3, 0.4) is 0 Å². The van der Waals surface area contributed by atoms with Crippen LogP contribution in [-0.4, -0.2) is 23.0 Å². The minimum atomic E-state index is -0.564. The number of ether oxygens (including phenoxy) is 1. The van der Waals surface area contributed by atoms with E-state index >= 15 is 0 Å². The molecule has 0 radical (unpaired) electrons. The van der Waals surface area contributed by atoms with Crippen LogP contribution in [0.5, 0.6) is 0 Å². The van der Waals surface area contributed by atoms with Crippen LogP contribution in [0, 0.1) is 5.82 Å². The lowest BCUT2D eigenvalue weighted by Crippen LogP contribution is -2.05. The van der Waals surface area contributed by atoms with Gasteiger partial charge in [-0.1, -0.05) is 15.9 Å². The molecule has 1 aromatic carbocycles. The van der Waals surface area contributed by atoms with Crippen molar-refractivity contribution < 1.29 is 13.9 Å². The summed E-state index contributed by atoms with van der Waals surface area (Å²) < 4.78 is 18.4. The third-order valence-electron chi connectivity index (χ3n) is 2.22. The minimum Gasteiger partial charge on any atom is -0.464 e. The van der Waals surface area contributed by atoms with Gasteiger partial charge in [0.1, 0.15) is 5.82 Å². The molecule has 0 aliphatic heterocycles.